The van der Waals surface area contributed by atoms with Gasteiger partial charge in [-0.1, -0.05) is 62.2 Å². The molecule has 0 radical (unpaired) electrons. The zero-order chi connectivity index (χ0) is 29.9. The van der Waals surface area contributed by atoms with E-state index in [2.05, 4.69) is 31.4 Å². The molecule has 1 saturated heterocycles. The van der Waals surface area contributed by atoms with Crippen molar-refractivity contribution in [3.05, 3.63) is 93.0 Å². The lowest BCUT2D eigenvalue weighted by Gasteiger charge is -2.31. The Kier molecular flexibility index (Phi) is 7.46. The van der Waals surface area contributed by atoms with Gasteiger partial charge in [0.2, 0.25) is 5.91 Å². The van der Waals surface area contributed by atoms with Crippen molar-refractivity contribution in [2.45, 2.75) is 63.5 Å². The summed E-state index contributed by atoms with van der Waals surface area (Å²) in [6.07, 6.45) is 0.904. The van der Waals surface area contributed by atoms with Gasteiger partial charge in [-0.3, -0.25) is 9.59 Å². The molecule has 1 saturated carbocycles. The highest BCUT2D eigenvalue weighted by Gasteiger charge is 2.81. The second kappa shape index (κ2) is 10.4. The monoisotopic (exact) mass is 600 g/mol. The third-order valence-electron chi connectivity index (χ3n) is 8.47. The van der Waals surface area contributed by atoms with E-state index in [1.165, 1.54) is 26.2 Å². The summed E-state index contributed by atoms with van der Waals surface area (Å²) in [4.78, 5) is 26.1. The maximum Gasteiger partial charge on any atom is 0.242 e. The number of methoxy groups -OCH3 is 1. The Morgan fingerprint density at radius 3 is 2.41 bits per heavy atom. The Bertz CT molecular complexity index is 1560. The Hall–Kier alpha value is -3.00. The van der Waals surface area contributed by atoms with Crippen LogP contribution in [0.2, 0.25) is 10.0 Å². The van der Waals surface area contributed by atoms with Crippen LogP contribution in [0.15, 0.2) is 54.6 Å². The number of benzene rings is 3. The molecule has 1 aliphatic heterocycles. The van der Waals surface area contributed by atoms with Crippen LogP contribution in [0, 0.1) is 17.0 Å². The highest BCUT2D eigenvalue weighted by molar-refractivity contribution is 6.31. The number of nitrogens with one attached hydrogen (secondary N) is 2. The van der Waals surface area contributed by atoms with E-state index in [1.54, 1.807) is 42.5 Å². The van der Waals surface area contributed by atoms with Gasteiger partial charge in [0.05, 0.1) is 23.9 Å². The molecule has 4 atom stereocenters. The zero-order valence-electron chi connectivity index (χ0n) is 23.5. The number of rotatable bonds is 7. The van der Waals surface area contributed by atoms with Crippen LogP contribution in [0.4, 0.5) is 14.5 Å². The molecule has 1 aliphatic carbocycles. The van der Waals surface area contributed by atoms with Crippen LogP contribution >= 0.6 is 23.2 Å². The largest absolute Gasteiger partial charge is 0.495 e. The summed E-state index contributed by atoms with van der Waals surface area (Å²) in [5.41, 5.74) is -0.889. The summed E-state index contributed by atoms with van der Waals surface area (Å²) in [6.45, 7) is 7.65. The SMILES string of the molecule is COc1cc(C(C)=O)ccc1NC(=O)[C@@H]1N[C@@H](CC(C)(C)C)[C@@]2(c3ccc(Cl)cc3F)C[C@@]12c1cccc(Cl)c1F. The fourth-order valence-corrected chi connectivity index (χ4v) is 7.09. The van der Waals surface area contributed by atoms with Gasteiger partial charge in [0.25, 0.3) is 0 Å². The first-order valence-corrected chi connectivity index (χ1v) is 14.2. The van der Waals surface area contributed by atoms with Crippen molar-refractivity contribution in [3.8, 4) is 5.75 Å². The number of anilines is 1. The number of fused-ring (bicyclic) bond motifs is 1. The summed E-state index contributed by atoms with van der Waals surface area (Å²) < 4.78 is 37.1. The fourth-order valence-electron chi connectivity index (χ4n) is 6.75. The van der Waals surface area contributed by atoms with Crippen molar-refractivity contribution in [2.75, 3.05) is 12.4 Å². The fraction of sp³-hybridized carbons (Fsp3) is 0.375. The maximum atomic E-state index is 15.9. The number of carbonyl (C=O) groups excluding carboxylic acids is 2. The molecule has 0 bridgehead atoms. The molecule has 0 spiro atoms. The first-order valence-electron chi connectivity index (χ1n) is 13.4. The highest BCUT2D eigenvalue weighted by Crippen LogP contribution is 2.74. The van der Waals surface area contributed by atoms with Gasteiger partial charge >= 0.3 is 0 Å². The molecule has 1 heterocycles. The van der Waals surface area contributed by atoms with E-state index < -0.39 is 34.4 Å². The molecule has 5 nitrogen and oxygen atoms in total. The lowest BCUT2D eigenvalue weighted by atomic mass is 9.73. The van der Waals surface area contributed by atoms with Gasteiger partial charge in [0.15, 0.2) is 5.78 Å². The molecule has 2 fully saturated rings. The van der Waals surface area contributed by atoms with Crippen molar-refractivity contribution in [1.29, 1.82) is 0 Å². The first kappa shape index (κ1) is 29.5. The molecule has 3 aromatic rings. The van der Waals surface area contributed by atoms with Gasteiger partial charge in [0.1, 0.15) is 17.4 Å². The molecule has 2 N–H and O–H groups in total. The number of ketones is 1. The lowest BCUT2D eigenvalue weighted by Crippen LogP contribution is -2.48. The molecule has 2 aliphatic rings. The number of carbonyl (C=O) groups is 2. The van der Waals surface area contributed by atoms with E-state index in [4.69, 9.17) is 27.9 Å². The van der Waals surface area contributed by atoms with E-state index in [0.717, 1.165) is 0 Å². The summed E-state index contributed by atoms with van der Waals surface area (Å²) in [7, 11) is 1.44. The van der Waals surface area contributed by atoms with E-state index in [1.807, 2.05) is 0 Å². The van der Waals surface area contributed by atoms with Gasteiger partial charge in [-0.05, 0) is 72.7 Å². The average molecular weight is 602 g/mol. The van der Waals surface area contributed by atoms with Crippen LogP contribution in [0.1, 0.15) is 62.0 Å². The van der Waals surface area contributed by atoms with Gasteiger partial charge in [0, 0.05) is 27.5 Å². The highest BCUT2D eigenvalue weighted by atomic mass is 35.5. The minimum atomic E-state index is -1.15. The number of Topliss-reactive ketones (excluding diaryl/α,β-unsaturated/α-hetero) is 1. The van der Waals surface area contributed by atoms with Crippen LogP contribution in [0.25, 0.3) is 0 Å². The predicted molar refractivity (Wildman–Crippen MR) is 157 cm³/mol. The van der Waals surface area contributed by atoms with Crippen molar-refractivity contribution < 1.29 is 23.1 Å². The third kappa shape index (κ3) is 4.82. The van der Waals surface area contributed by atoms with E-state index >= 15 is 8.78 Å². The smallest absolute Gasteiger partial charge is 0.242 e. The molecular formula is C32H32Cl2F2N2O3. The molecule has 0 aromatic heterocycles. The summed E-state index contributed by atoms with van der Waals surface area (Å²) >= 11 is 12.4. The first-order chi connectivity index (χ1) is 19.2. The average Bonchev–Trinajstić information content (AvgIpc) is 3.51. The lowest BCUT2D eigenvalue weighted by molar-refractivity contribution is -0.118. The molecule has 5 rings (SSSR count). The molecule has 216 valence electrons. The normalized spacial score (nSPS) is 25.0. The van der Waals surface area contributed by atoms with Gasteiger partial charge in [-0.15, -0.1) is 0 Å². The van der Waals surface area contributed by atoms with Crippen LogP contribution in [-0.4, -0.2) is 30.9 Å². The van der Waals surface area contributed by atoms with Crippen LogP contribution in [-0.2, 0) is 15.6 Å². The minimum Gasteiger partial charge on any atom is -0.495 e. The molecule has 3 aromatic carbocycles. The van der Waals surface area contributed by atoms with Crippen molar-refractivity contribution in [2.24, 2.45) is 5.41 Å². The van der Waals surface area contributed by atoms with Crippen LogP contribution in [0.3, 0.4) is 0 Å². The summed E-state index contributed by atoms with van der Waals surface area (Å²) in [5, 5.41) is 6.58. The summed E-state index contributed by atoms with van der Waals surface area (Å²) in [6, 6.07) is 12.7. The number of amides is 1. The van der Waals surface area contributed by atoms with Crippen molar-refractivity contribution in [3.63, 3.8) is 0 Å². The second-order valence-corrected chi connectivity index (χ2v) is 13.1. The standard InChI is InChI=1S/C32H32Cl2F2N2O3/c1-17(39)18-9-12-24(25(13-18)41-5)37-29(40)28-32(21-7-6-8-22(34)27(21)36)16-31(32,26(38-28)15-30(2,3)4)20-11-10-19(33)14-23(20)35/h6-14,26,28,38H,15-16H2,1-5H3,(H,37,40)/t26-,28-,31-,32+/m0/s1. The van der Waals surface area contributed by atoms with Crippen molar-refractivity contribution >= 4 is 40.6 Å². The predicted octanol–water partition coefficient (Wildman–Crippen LogP) is 7.48. The molecule has 0 unspecified atom stereocenters. The maximum absolute atomic E-state index is 15.9. The molecular weight excluding hydrogens is 569 g/mol. The van der Waals surface area contributed by atoms with Crippen molar-refractivity contribution in [1.82, 2.24) is 5.32 Å². The minimum absolute atomic E-state index is 0.0748. The number of hydrogen-bond acceptors (Lipinski definition) is 4. The number of hydrogen-bond donors (Lipinski definition) is 2. The molecule has 41 heavy (non-hydrogen) atoms. The Balaban J connectivity index is 1.67. The Labute approximate surface area is 248 Å². The van der Waals surface area contributed by atoms with E-state index in [9.17, 15) is 9.59 Å². The Morgan fingerprint density at radius 2 is 1.78 bits per heavy atom. The quantitative estimate of drug-likeness (QED) is 0.276. The van der Waals surface area contributed by atoms with Gasteiger partial charge in [-0.2, -0.15) is 0 Å². The molecule has 9 heteroatoms. The van der Waals surface area contributed by atoms with Gasteiger partial charge in [-0.25, -0.2) is 8.78 Å². The number of ether oxygens (including phenoxy) is 1. The van der Waals surface area contributed by atoms with Crippen LogP contribution in [0.5, 0.6) is 5.75 Å². The number of piperidine rings is 1. The topological polar surface area (TPSA) is 67.4 Å². The second-order valence-electron chi connectivity index (χ2n) is 12.2. The third-order valence-corrected chi connectivity index (χ3v) is 9.00. The molecule has 1 amide bonds. The van der Waals surface area contributed by atoms with Crippen LogP contribution < -0.4 is 15.4 Å². The number of halogens is 4. The van der Waals surface area contributed by atoms with E-state index in [0.29, 0.717) is 35.4 Å². The summed E-state index contributed by atoms with van der Waals surface area (Å²) in [5.74, 6) is -1.42. The zero-order valence-corrected chi connectivity index (χ0v) is 25.0. The van der Waals surface area contributed by atoms with Gasteiger partial charge < -0.3 is 15.4 Å². The van der Waals surface area contributed by atoms with E-state index in [-0.39, 0.29) is 32.8 Å². The Morgan fingerprint density at radius 1 is 1.05 bits per heavy atom.